The predicted octanol–water partition coefficient (Wildman–Crippen LogP) is 3.42. The highest BCUT2D eigenvalue weighted by atomic mass is 35.5. The third kappa shape index (κ3) is 5.74. The van der Waals surface area contributed by atoms with Crippen molar-refractivity contribution in [3.05, 3.63) is 56.7 Å². The molecule has 0 fully saturated rings. The molecule has 9 nitrogen and oxygen atoms in total. The van der Waals surface area contributed by atoms with Gasteiger partial charge in [-0.1, -0.05) is 35.1 Å². The molecule has 158 valence electrons. The quantitative estimate of drug-likeness (QED) is 0.181. The molecule has 0 aliphatic rings. The fraction of sp³-hybridized carbons (Fsp3) is 0.0556. The van der Waals surface area contributed by atoms with Gasteiger partial charge in [-0.25, -0.2) is 13.2 Å². The molecule has 3 rings (SSSR count). The molecular formula is C18H11ClN4O5S3. The van der Waals surface area contributed by atoms with Crippen molar-refractivity contribution in [2.24, 2.45) is 0 Å². The van der Waals surface area contributed by atoms with E-state index >= 15 is 0 Å². The zero-order valence-corrected chi connectivity index (χ0v) is 18.7. The molecule has 0 radical (unpaired) electrons. The van der Waals surface area contributed by atoms with Gasteiger partial charge in [0, 0.05) is 6.26 Å². The number of amides is 1. The van der Waals surface area contributed by atoms with Gasteiger partial charge in [0.2, 0.25) is 19.3 Å². The minimum atomic E-state index is -3.56. The van der Waals surface area contributed by atoms with E-state index in [1.54, 1.807) is 23.6 Å². The monoisotopic (exact) mass is 494 g/mol. The van der Waals surface area contributed by atoms with E-state index in [-0.39, 0.29) is 25.8 Å². The molecule has 0 saturated carbocycles. The van der Waals surface area contributed by atoms with Crippen molar-refractivity contribution in [3.63, 3.8) is 0 Å². The van der Waals surface area contributed by atoms with Crippen molar-refractivity contribution in [1.29, 1.82) is 5.26 Å². The Balaban J connectivity index is 1.75. The van der Waals surface area contributed by atoms with E-state index in [1.165, 1.54) is 35.6 Å². The Morgan fingerprint density at radius 2 is 2.06 bits per heavy atom. The summed E-state index contributed by atoms with van der Waals surface area (Å²) in [5.41, 5.74) is 0.122. The maximum atomic E-state index is 12.3. The van der Waals surface area contributed by atoms with Crippen molar-refractivity contribution in [1.82, 2.24) is 10.2 Å². The van der Waals surface area contributed by atoms with E-state index in [0.29, 0.717) is 21.8 Å². The van der Waals surface area contributed by atoms with E-state index in [4.69, 9.17) is 16.3 Å². The van der Waals surface area contributed by atoms with Gasteiger partial charge in [-0.15, -0.1) is 21.5 Å². The van der Waals surface area contributed by atoms with Crippen LogP contribution in [-0.4, -0.2) is 36.7 Å². The zero-order valence-electron chi connectivity index (χ0n) is 15.5. The number of nitriles is 1. The summed E-state index contributed by atoms with van der Waals surface area (Å²) in [6, 6.07) is 9.47. The standard InChI is InChI=1S/C18H11ClN4O5S3/c1-31(26,27)18-23-22-17(30-18)21-15(24)11(9-20)7-10-4-5-13(12(19)8-10)28-16(25)14-3-2-6-29-14/h2-8H,1H3,(H,21,22,24). The number of thiophene rings is 1. The van der Waals surface area contributed by atoms with Gasteiger partial charge in [-0.05, 0) is 35.2 Å². The van der Waals surface area contributed by atoms with Crippen LogP contribution in [0.15, 0.2) is 45.6 Å². The summed E-state index contributed by atoms with van der Waals surface area (Å²) in [7, 11) is -3.56. The number of rotatable bonds is 6. The van der Waals surface area contributed by atoms with Crippen molar-refractivity contribution in [3.8, 4) is 11.8 Å². The Morgan fingerprint density at radius 1 is 1.29 bits per heavy atom. The third-order valence-corrected chi connectivity index (χ3v) is 7.15. The molecule has 3 aromatic rings. The molecule has 0 atom stereocenters. The largest absolute Gasteiger partial charge is 0.421 e. The smallest absolute Gasteiger partial charge is 0.353 e. The summed E-state index contributed by atoms with van der Waals surface area (Å²) in [6.07, 6.45) is 2.23. The summed E-state index contributed by atoms with van der Waals surface area (Å²) in [4.78, 5) is 24.8. The van der Waals surface area contributed by atoms with E-state index in [1.807, 2.05) is 0 Å². The minimum absolute atomic E-state index is 0.0690. The minimum Gasteiger partial charge on any atom is -0.421 e. The summed E-state index contributed by atoms with van der Waals surface area (Å²) in [5.74, 6) is -1.23. The van der Waals surface area contributed by atoms with Crippen molar-refractivity contribution < 1.29 is 22.7 Å². The van der Waals surface area contributed by atoms with Gasteiger partial charge in [-0.3, -0.25) is 10.1 Å². The van der Waals surface area contributed by atoms with E-state index in [0.717, 1.165) is 6.26 Å². The molecule has 13 heteroatoms. The zero-order chi connectivity index (χ0) is 22.6. The van der Waals surface area contributed by atoms with Crippen LogP contribution in [0.5, 0.6) is 5.75 Å². The lowest BCUT2D eigenvalue weighted by Gasteiger charge is -2.06. The van der Waals surface area contributed by atoms with Crippen LogP contribution in [0, 0.1) is 11.3 Å². The third-order valence-electron chi connectivity index (χ3n) is 3.50. The fourth-order valence-electron chi connectivity index (χ4n) is 2.12. The Hall–Kier alpha value is -3.11. The number of hydrogen-bond acceptors (Lipinski definition) is 10. The molecular weight excluding hydrogens is 484 g/mol. The molecule has 0 bridgehead atoms. The maximum Gasteiger partial charge on any atom is 0.353 e. The molecule has 2 aromatic heterocycles. The number of hydrogen-bond donors (Lipinski definition) is 1. The molecule has 31 heavy (non-hydrogen) atoms. The molecule has 1 aromatic carbocycles. The first-order chi connectivity index (χ1) is 14.7. The van der Waals surface area contributed by atoms with Crippen LogP contribution >= 0.6 is 34.3 Å². The van der Waals surface area contributed by atoms with Crippen LogP contribution in [-0.2, 0) is 14.6 Å². The van der Waals surface area contributed by atoms with E-state index < -0.39 is 21.7 Å². The summed E-state index contributed by atoms with van der Waals surface area (Å²) < 4.78 is 27.9. The lowest BCUT2D eigenvalue weighted by Crippen LogP contribution is -2.13. The number of carbonyl (C=O) groups is 2. The molecule has 1 N–H and O–H groups in total. The first kappa shape index (κ1) is 22.6. The van der Waals surface area contributed by atoms with Crippen molar-refractivity contribution >= 4 is 67.2 Å². The molecule has 2 heterocycles. The first-order valence-corrected chi connectivity index (χ1v) is 12.2. The highest BCUT2D eigenvalue weighted by Gasteiger charge is 2.18. The van der Waals surface area contributed by atoms with Gasteiger partial charge >= 0.3 is 5.97 Å². The second-order valence-electron chi connectivity index (χ2n) is 5.83. The number of nitrogens with one attached hydrogen (secondary N) is 1. The molecule has 1 amide bonds. The first-order valence-electron chi connectivity index (χ1n) is 8.19. The number of esters is 1. The van der Waals surface area contributed by atoms with E-state index in [2.05, 4.69) is 15.5 Å². The average Bonchev–Trinajstić information content (AvgIpc) is 3.39. The van der Waals surface area contributed by atoms with Gasteiger partial charge in [0.15, 0.2) is 0 Å². The molecule has 0 aliphatic carbocycles. The van der Waals surface area contributed by atoms with Gasteiger partial charge < -0.3 is 4.74 Å². The second kappa shape index (κ2) is 9.36. The molecule has 0 unspecified atom stereocenters. The average molecular weight is 495 g/mol. The molecule has 0 spiro atoms. The number of ether oxygens (including phenoxy) is 1. The van der Waals surface area contributed by atoms with Gasteiger partial charge in [0.05, 0.1) is 5.02 Å². The Kier molecular flexibility index (Phi) is 6.81. The van der Waals surface area contributed by atoms with Gasteiger partial charge in [-0.2, -0.15) is 5.26 Å². The summed E-state index contributed by atoms with van der Waals surface area (Å²) in [5, 5.41) is 20.5. The second-order valence-corrected chi connectivity index (χ2v) is 10.3. The van der Waals surface area contributed by atoms with Crippen LogP contribution in [0.2, 0.25) is 5.02 Å². The fourth-order valence-corrected chi connectivity index (χ4v) is 4.45. The maximum absolute atomic E-state index is 12.3. The van der Waals surface area contributed by atoms with E-state index in [9.17, 15) is 23.3 Å². The lowest BCUT2D eigenvalue weighted by atomic mass is 10.1. The molecule has 0 saturated heterocycles. The SMILES string of the molecule is CS(=O)(=O)c1nnc(NC(=O)C(C#N)=Cc2ccc(OC(=O)c3cccs3)c(Cl)c2)s1. The summed E-state index contributed by atoms with van der Waals surface area (Å²) in [6.45, 7) is 0. The highest BCUT2D eigenvalue weighted by molar-refractivity contribution is 7.92. The Labute approximate surface area is 189 Å². The molecule has 0 aliphatic heterocycles. The van der Waals surface area contributed by atoms with Crippen LogP contribution in [0.4, 0.5) is 5.13 Å². The number of halogens is 1. The van der Waals surface area contributed by atoms with Crippen molar-refractivity contribution in [2.45, 2.75) is 4.34 Å². The van der Waals surface area contributed by atoms with Crippen LogP contribution < -0.4 is 10.1 Å². The lowest BCUT2D eigenvalue weighted by molar-refractivity contribution is -0.112. The highest BCUT2D eigenvalue weighted by Crippen LogP contribution is 2.28. The number of anilines is 1. The van der Waals surface area contributed by atoms with Crippen LogP contribution in [0.3, 0.4) is 0 Å². The number of benzene rings is 1. The number of nitrogens with zero attached hydrogens (tertiary/aromatic N) is 3. The number of sulfone groups is 1. The van der Waals surface area contributed by atoms with Crippen LogP contribution in [0.25, 0.3) is 6.08 Å². The van der Waals surface area contributed by atoms with Gasteiger partial charge in [0.25, 0.3) is 5.91 Å². The Bertz CT molecular complexity index is 1320. The topological polar surface area (TPSA) is 139 Å². The van der Waals surface area contributed by atoms with Gasteiger partial charge in [0.1, 0.15) is 22.3 Å². The Morgan fingerprint density at radius 3 is 2.65 bits per heavy atom. The number of aromatic nitrogens is 2. The predicted molar refractivity (Wildman–Crippen MR) is 116 cm³/mol. The van der Waals surface area contributed by atoms with Crippen LogP contribution in [0.1, 0.15) is 15.2 Å². The van der Waals surface area contributed by atoms with Crippen molar-refractivity contribution in [2.75, 3.05) is 11.6 Å². The normalized spacial score (nSPS) is 11.6. The number of carbonyl (C=O) groups excluding carboxylic acids is 2. The summed E-state index contributed by atoms with van der Waals surface area (Å²) >= 11 is 8.05.